The van der Waals surface area contributed by atoms with Gasteiger partial charge in [-0.05, 0) is 37.9 Å². The second-order valence-electron chi connectivity index (χ2n) is 3.46. The highest BCUT2D eigenvalue weighted by Gasteiger charge is 2.20. The number of hydrogen-bond acceptors (Lipinski definition) is 2. The fourth-order valence-corrected chi connectivity index (χ4v) is 1.80. The third-order valence-corrected chi connectivity index (χ3v) is 2.88. The van der Waals surface area contributed by atoms with Crippen molar-refractivity contribution in [2.75, 3.05) is 20.3 Å². The summed E-state index contributed by atoms with van der Waals surface area (Å²) >= 11 is 5.05. The van der Waals surface area contributed by atoms with Gasteiger partial charge in [-0.2, -0.15) is 0 Å². The summed E-state index contributed by atoms with van der Waals surface area (Å²) in [6.45, 7) is 3.96. The van der Waals surface area contributed by atoms with Crippen LogP contribution in [0, 0.1) is 5.92 Å². The maximum Gasteiger partial charge on any atom is 0.166 e. The van der Waals surface area contributed by atoms with Gasteiger partial charge in [0.05, 0.1) is 0 Å². The van der Waals surface area contributed by atoms with Gasteiger partial charge in [0.2, 0.25) is 0 Å². The fraction of sp³-hybridized carbons (Fsp3) is 0.889. The Morgan fingerprint density at radius 1 is 1.46 bits per heavy atom. The van der Waals surface area contributed by atoms with Crippen molar-refractivity contribution in [3.05, 3.63) is 0 Å². The van der Waals surface area contributed by atoms with Crippen molar-refractivity contribution < 1.29 is 4.74 Å². The molecule has 0 bridgehead atoms. The van der Waals surface area contributed by atoms with Crippen LogP contribution < -0.4 is 10.6 Å². The molecule has 1 aliphatic rings. The average molecular weight is 202 g/mol. The number of nitrogens with one attached hydrogen (secondary N) is 2. The van der Waals surface area contributed by atoms with Gasteiger partial charge in [-0.15, -0.1) is 0 Å². The van der Waals surface area contributed by atoms with Gasteiger partial charge in [0.15, 0.2) is 5.11 Å². The van der Waals surface area contributed by atoms with Gasteiger partial charge in [0.25, 0.3) is 0 Å². The number of hydrogen-bond donors (Lipinski definition) is 2. The first-order valence-electron chi connectivity index (χ1n) is 4.80. The van der Waals surface area contributed by atoms with Crippen LogP contribution in [-0.4, -0.2) is 31.4 Å². The van der Waals surface area contributed by atoms with Crippen LogP contribution in [0.4, 0.5) is 0 Å². The summed E-state index contributed by atoms with van der Waals surface area (Å²) in [5.74, 6) is 0.694. The Labute approximate surface area is 85.2 Å². The van der Waals surface area contributed by atoms with Crippen molar-refractivity contribution in [3.8, 4) is 0 Å². The lowest BCUT2D eigenvalue weighted by Crippen LogP contribution is -2.43. The van der Waals surface area contributed by atoms with E-state index < -0.39 is 0 Å². The minimum Gasteiger partial charge on any atom is -0.381 e. The van der Waals surface area contributed by atoms with E-state index in [1.54, 1.807) is 0 Å². The predicted molar refractivity (Wildman–Crippen MR) is 57.8 cm³/mol. The van der Waals surface area contributed by atoms with Crippen molar-refractivity contribution in [1.82, 2.24) is 10.6 Å². The zero-order valence-electron chi connectivity index (χ0n) is 8.30. The molecule has 1 heterocycles. The van der Waals surface area contributed by atoms with Crippen LogP contribution in [0.5, 0.6) is 0 Å². The smallest absolute Gasteiger partial charge is 0.166 e. The van der Waals surface area contributed by atoms with E-state index in [1.807, 2.05) is 7.05 Å². The van der Waals surface area contributed by atoms with Crippen LogP contribution in [-0.2, 0) is 4.74 Å². The second kappa shape index (κ2) is 5.40. The van der Waals surface area contributed by atoms with E-state index in [-0.39, 0.29) is 0 Å². The van der Waals surface area contributed by atoms with E-state index >= 15 is 0 Å². The summed E-state index contributed by atoms with van der Waals surface area (Å²) in [5.41, 5.74) is 0. The lowest BCUT2D eigenvalue weighted by atomic mass is 9.93. The molecule has 0 radical (unpaired) electrons. The molecular weight excluding hydrogens is 184 g/mol. The molecule has 0 amide bonds. The quantitative estimate of drug-likeness (QED) is 0.652. The molecule has 1 rings (SSSR count). The zero-order chi connectivity index (χ0) is 9.68. The molecule has 4 heteroatoms. The molecule has 0 spiro atoms. The highest BCUT2D eigenvalue weighted by atomic mass is 32.1. The van der Waals surface area contributed by atoms with E-state index in [2.05, 4.69) is 17.6 Å². The van der Waals surface area contributed by atoms with Gasteiger partial charge < -0.3 is 15.4 Å². The lowest BCUT2D eigenvalue weighted by Gasteiger charge is -2.28. The van der Waals surface area contributed by atoms with Crippen molar-refractivity contribution >= 4 is 17.3 Å². The van der Waals surface area contributed by atoms with E-state index in [0.29, 0.717) is 12.0 Å². The van der Waals surface area contributed by atoms with Crippen molar-refractivity contribution in [3.63, 3.8) is 0 Å². The third kappa shape index (κ3) is 3.48. The summed E-state index contributed by atoms with van der Waals surface area (Å²) in [4.78, 5) is 0. The van der Waals surface area contributed by atoms with Gasteiger partial charge in [-0.3, -0.25) is 0 Å². The third-order valence-electron chi connectivity index (χ3n) is 2.56. The van der Waals surface area contributed by atoms with E-state index in [4.69, 9.17) is 17.0 Å². The van der Waals surface area contributed by atoms with Crippen LogP contribution in [0.1, 0.15) is 19.8 Å². The summed E-state index contributed by atoms with van der Waals surface area (Å²) in [6, 6.07) is 0.448. The maximum atomic E-state index is 5.30. The Hall–Kier alpha value is -0.350. The van der Waals surface area contributed by atoms with Crippen LogP contribution in [0.3, 0.4) is 0 Å². The molecule has 1 atom stereocenters. The molecule has 1 unspecified atom stereocenters. The van der Waals surface area contributed by atoms with Gasteiger partial charge >= 0.3 is 0 Å². The Morgan fingerprint density at radius 2 is 2.08 bits per heavy atom. The molecule has 1 aliphatic heterocycles. The number of thiocarbonyl (C=S) groups is 1. The SMILES string of the molecule is CNC(=S)NC(C)C1CCOCC1. The van der Waals surface area contributed by atoms with E-state index in [9.17, 15) is 0 Å². The highest BCUT2D eigenvalue weighted by molar-refractivity contribution is 7.80. The Balaban J connectivity index is 2.28. The minimum absolute atomic E-state index is 0.448. The van der Waals surface area contributed by atoms with Crippen LogP contribution in [0.25, 0.3) is 0 Å². The van der Waals surface area contributed by atoms with Gasteiger partial charge in [-0.25, -0.2) is 0 Å². The van der Waals surface area contributed by atoms with Gasteiger partial charge in [0, 0.05) is 26.3 Å². The molecule has 0 aromatic rings. The van der Waals surface area contributed by atoms with Crippen molar-refractivity contribution in [2.45, 2.75) is 25.8 Å². The Kier molecular flexibility index (Phi) is 4.45. The van der Waals surface area contributed by atoms with Gasteiger partial charge in [-0.1, -0.05) is 0 Å². The summed E-state index contributed by atoms with van der Waals surface area (Å²) < 4.78 is 5.30. The molecule has 0 aromatic carbocycles. The molecular formula is C9H18N2OS. The molecule has 76 valence electrons. The molecule has 3 nitrogen and oxygen atoms in total. The zero-order valence-corrected chi connectivity index (χ0v) is 9.12. The fourth-order valence-electron chi connectivity index (χ4n) is 1.61. The summed E-state index contributed by atoms with van der Waals surface area (Å²) in [6.07, 6.45) is 2.28. The Morgan fingerprint density at radius 3 is 2.62 bits per heavy atom. The minimum atomic E-state index is 0.448. The first-order chi connectivity index (χ1) is 6.24. The maximum absolute atomic E-state index is 5.30. The second-order valence-corrected chi connectivity index (χ2v) is 3.87. The van der Waals surface area contributed by atoms with Crippen molar-refractivity contribution in [1.29, 1.82) is 0 Å². The lowest BCUT2D eigenvalue weighted by molar-refractivity contribution is 0.0582. The number of rotatable bonds is 2. The topological polar surface area (TPSA) is 33.3 Å². The molecule has 1 saturated heterocycles. The van der Waals surface area contributed by atoms with Crippen LogP contribution >= 0.6 is 12.2 Å². The molecule has 0 aliphatic carbocycles. The molecule has 1 fully saturated rings. The largest absolute Gasteiger partial charge is 0.381 e. The monoisotopic (exact) mass is 202 g/mol. The highest BCUT2D eigenvalue weighted by Crippen LogP contribution is 2.18. The first kappa shape index (κ1) is 10.7. The molecule has 0 aromatic heterocycles. The van der Waals surface area contributed by atoms with E-state index in [1.165, 1.54) is 0 Å². The predicted octanol–water partition coefficient (Wildman–Crippen LogP) is 0.895. The van der Waals surface area contributed by atoms with Crippen molar-refractivity contribution in [2.24, 2.45) is 5.92 Å². The molecule has 0 saturated carbocycles. The normalized spacial score (nSPS) is 20.8. The van der Waals surface area contributed by atoms with E-state index in [0.717, 1.165) is 31.2 Å². The standard InChI is InChI=1S/C9H18N2OS/c1-7(11-9(13)10-2)8-3-5-12-6-4-8/h7-8H,3-6H2,1-2H3,(H2,10,11,13). The van der Waals surface area contributed by atoms with Crippen LogP contribution in [0.2, 0.25) is 0 Å². The first-order valence-corrected chi connectivity index (χ1v) is 5.21. The van der Waals surface area contributed by atoms with Crippen LogP contribution in [0.15, 0.2) is 0 Å². The van der Waals surface area contributed by atoms with Gasteiger partial charge in [0.1, 0.15) is 0 Å². The Bertz CT molecular complexity index is 169. The number of ether oxygens (including phenoxy) is 1. The summed E-state index contributed by atoms with van der Waals surface area (Å²) in [5, 5.41) is 6.92. The average Bonchev–Trinajstić information content (AvgIpc) is 2.19. The molecule has 2 N–H and O–H groups in total. The molecule has 13 heavy (non-hydrogen) atoms. The summed E-state index contributed by atoms with van der Waals surface area (Å²) in [7, 11) is 1.84.